The lowest BCUT2D eigenvalue weighted by atomic mass is 10.2. The number of nitro benzene ring substituents is 1. The highest BCUT2D eigenvalue weighted by Crippen LogP contribution is 2.23. The number of rotatable bonds is 8. The number of nitrogen functional groups attached to an aromatic ring is 1. The van der Waals surface area contributed by atoms with Crippen molar-refractivity contribution >= 4 is 29.0 Å². The quantitative estimate of drug-likeness (QED) is 0.248. The van der Waals surface area contributed by atoms with E-state index in [4.69, 9.17) is 10.6 Å². The second-order valence-electron chi connectivity index (χ2n) is 5.97. The number of carbonyl (C=O) groups is 1. The van der Waals surface area contributed by atoms with Gasteiger partial charge in [0.15, 0.2) is 5.82 Å². The molecule has 150 valence electrons. The van der Waals surface area contributed by atoms with Gasteiger partial charge in [-0.15, -0.1) is 10.2 Å². The number of nitro groups is 1. The van der Waals surface area contributed by atoms with Crippen molar-refractivity contribution < 1.29 is 14.5 Å². The van der Waals surface area contributed by atoms with Crippen LogP contribution in [0.4, 0.5) is 11.4 Å². The molecule has 0 radical (unpaired) electrons. The minimum absolute atomic E-state index is 0.0105. The molecule has 3 rings (SSSR count). The van der Waals surface area contributed by atoms with Crippen LogP contribution in [0.3, 0.4) is 0 Å². The molecule has 11 heteroatoms. The summed E-state index contributed by atoms with van der Waals surface area (Å²) < 4.78 is 6.85. The summed E-state index contributed by atoms with van der Waals surface area (Å²) in [5.41, 5.74) is 0.808. The normalized spacial score (nSPS) is 10.5. The van der Waals surface area contributed by atoms with Gasteiger partial charge in [0, 0.05) is 17.3 Å². The van der Waals surface area contributed by atoms with Crippen LogP contribution in [-0.2, 0) is 11.4 Å². The van der Waals surface area contributed by atoms with Gasteiger partial charge in [-0.25, -0.2) is 4.68 Å². The maximum absolute atomic E-state index is 12.2. The van der Waals surface area contributed by atoms with Crippen molar-refractivity contribution in [3.63, 3.8) is 0 Å². The second-order valence-corrected chi connectivity index (χ2v) is 6.91. The first-order chi connectivity index (χ1) is 13.9. The molecule has 1 heterocycles. The van der Waals surface area contributed by atoms with E-state index in [-0.39, 0.29) is 24.0 Å². The predicted octanol–water partition coefficient (Wildman–Crippen LogP) is 2.52. The molecule has 3 N–H and O–H groups in total. The molecule has 1 amide bonds. The van der Waals surface area contributed by atoms with Crippen LogP contribution in [0.5, 0.6) is 5.75 Å². The smallest absolute Gasteiger partial charge is 0.274 e. The van der Waals surface area contributed by atoms with Crippen LogP contribution in [0.2, 0.25) is 0 Å². The number of nitrogens with two attached hydrogens (primary N) is 1. The SMILES string of the molecule is Cc1ccc(NC(=O)CSc2nnc(COc3ccccc3)n2N)cc1[N+](=O)[O-]. The van der Waals surface area contributed by atoms with Crippen LogP contribution in [0, 0.1) is 17.0 Å². The molecule has 0 fully saturated rings. The summed E-state index contributed by atoms with van der Waals surface area (Å²) in [7, 11) is 0. The lowest BCUT2D eigenvalue weighted by Gasteiger charge is -2.07. The Morgan fingerprint density at radius 2 is 2.03 bits per heavy atom. The van der Waals surface area contributed by atoms with Crippen LogP contribution >= 0.6 is 11.8 Å². The molecule has 0 spiro atoms. The van der Waals surface area contributed by atoms with Gasteiger partial charge >= 0.3 is 0 Å². The number of thioether (sulfide) groups is 1. The number of aryl methyl sites for hydroxylation is 1. The van der Waals surface area contributed by atoms with E-state index < -0.39 is 4.92 Å². The summed E-state index contributed by atoms with van der Waals surface area (Å²) >= 11 is 1.09. The van der Waals surface area contributed by atoms with Crippen LogP contribution in [0.15, 0.2) is 53.7 Å². The topological polar surface area (TPSA) is 138 Å². The number of nitrogens with one attached hydrogen (secondary N) is 1. The van der Waals surface area contributed by atoms with E-state index in [0.29, 0.717) is 28.0 Å². The predicted molar refractivity (Wildman–Crippen MR) is 108 cm³/mol. The molecule has 0 aliphatic carbocycles. The molecule has 0 unspecified atom stereocenters. The number of ether oxygens (including phenoxy) is 1. The van der Waals surface area contributed by atoms with Gasteiger partial charge in [-0.1, -0.05) is 36.0 Å². The first kappa shape index (κ1) is 20.1. The Morgan fingerprint density at radius 3 is 2.76 bits per heavy atom. The van der Waals surface area contributed by atoms with E-state index in [9.17, 15) is 14.9 Å². The summed E-state index contributed by atoms with van der Waals surface area (Å²) in [5.74, 6) is 6.71. The van der Waals surface area contributed by atoms with Gasteiger partial charge in [-0.3, -0.25) is 14.9 Å². The standard InChI is InChI=1S/C18H18N6O4S/c1-12-7-8-13(9-15(12)24(26)27)20-17(25)11-29-18-22-21-16(23(18)19)10-28-14-5-3-2-4-6-14/h2-9H,10-11,19H2,1H3,(H,20,25). The fourth-order valence-corrected chi connectivity index (χ4v) is 3.06. The molecule has 2 aromatic carbocycles. The summed E-state index contributed by atoms with van der Waals surface area (Å²) in [4.78, 5) is 22.7. The van der Waals surface area contributed by atoms with Crippen molar-refractivity contribution in [3.8, 4) is 5.75 Å². The Balaban J connectivity index is 1.55. The third-order valence-corrected chi connectivity index (χ3v) is 4.81. The Labute approximate surface area is 170 Å². The first-order valence-electron chi connectivity index (χ1n) is 8.49. The van der Waals surface area contributed by atoms with Crippen molar-refractivity contribution in [3.05, 3.63) is 70.0 Å². The first-order valence-corrected chi connectivity index (χ1v) is 9.47. The van der Waals surface area contributed by atoms with Crippen molar-refractivity contribution in [2.75, 3.05) is 16.9 Å². The van der Waals surface area contributed by atoms with Crippen molar-refractivity contribution in [2.45, 2.75) is 18.7 Å². The highest BCUT2D eigenvalue weighted by atomic mass is 32.2. The Bertz CT molecular complexity index is 1020. The van der Waals surface area contributed by atoms with E-state index in [1.54, 1.807) is 19.1 Å². The van der Waals surface area contributed by atoms with Gasteiger partial charge in [-0.05, 0) is 25.1 Å². The number of hydrogen-bond donors (Lipinski definition) is 2. The van der Waals surface area contributed by atoms with Crippen molar-refractivity contribution in [2.24, 2.45) is 0 Å². The maximum atomic E-state index is 12.2. The zero-order valence-electron chi connectivity index (χ0n) is 15.4. The molecule has 0 aliphatic heterocycles. The monoisotopic (exact) mass is 414 g/mol. The van der Waals surface area contributed by atoms with Crippen LogP contribution in [-0.4, -0.2) is 31.5 Å². The third-order valence-electron chi connectivity index (χ3n) is 3.87. The molecule has 10 nitrogen and oxygen atoms in total. The van der Waals surface area contributed by atoms with Crippen LogP contribution in [0.1, 0.15) is 11.4 Å². The van der Waals surface area contributed by atoms with Gasteiger partial charge in [0.1, 0.15) is 12.4 Å². The van der Waals surface area contributed by atoms with E-state index in [2.05, 4.69) is 15.5 Å². The zero-order valence-corrected chi connectivity index (χ0v) is 16.3. The molecular weight excluding hydrogens is 396 g/mol. The average Bonchev–Trinajstić information content (AvgIpc) is 3.06. The van der Waals surface area contributed by atoms with E-state index >= 15 is 0 Å². The van der Waals surface area contributed by atoms with Gasteiger partial charge in [0.05, 0.1) is 10.7 Å². The third kappa shape index (κ3) is 5.23. The number of amides is 1. The number of para-hydroxylation sites is 1. The fourth-order valence-electron chi connectivity index (χ4n) is 2.38. The fraction of sp³-hybridized carbons (Fsp3) is 0.167. The summed E-state index contributed by atoms with van der Waals surface area (Å²) in [6.07, 6.45) is 0. The van der Waals surface area contributed by atoms with E-state index in [1.807, 2.05) is 30.3 Å². The lowest BCUT2D eigenvalue weighted by Crippen LogP contribution is -2.18. The van der Waals surface area contributed by atoms with Gasteiger partial charge in [0.2, 0.25) is 11.1 Å². The Kier molecular flexibility index (Phi) is 6.29. The average molecular weight is 414 g/mol. The summed E-state index contributed by atoms with van der Waals surface area (Å²) in [6, 6.07) is 13.7. The Morgan fingerprint density at radius 1 is 1.28 bits per heavy atom. The number of nitrogens with zero attached hydrogens (tertiary/aromatic N) is 4. The molecule has 0 atom stereocenters. The summed E-state index contributed by atoms with van der Waals surface area (Å²) in [6.45, 7) is 1.76. The highest BCUT2D eigenvalue weighted by Gasteiger charge is 2.15. The molecule has 0 aliphatic rings. The molecular formula is C18H18N6O4S. The molecule has 0 saturated carbocycles. The number of aromatic nitrogens is 3. The number of anilines is 1. The number of carbonyl (C=O) groups excluding carboxylic acids is 1. The Hall–Kier alpha value is -3.60. The van der Waals surface area contributed by atoms with E-state index in [0.717, 1.165) is 11.8 Å². The lowest BCUT2D eigenvalue weighted by molar-refractivity contribution is -0.385. The number of hydrogen-bond acceptors (Lipinski definition) is 8. The highest BCUT2D eigenvalue weighted by molar-refractivity contribution is 7.99. The van der Waals surface area contributed by atoms with Crippen molar-refractivity contribution in [1.29, 1.82) is 0 Å². The zero-order chi connectivity index (χ0) is 20.8. The second kappa shape index (κ2) is 9.06. The molecule has 3 aromatic rings. The van der Waals surface area contributed by atoms with Crippen molar-refractivity contribution in [1.82, 2.24) is 14.9 Å². The van der Waals surface area contributed by atoms with Gasteiger partial charge < -0.3 is 15.9 Å². The largest absolute Gasteiger partial charge is 0.486 e. The van der Waals surface area contributed by atoms with Crippen LogP contribution in [0.25, 0.3) is 0 Å². The molecule has 0 saturated heterocycles. The van der Waals surface area contributed by atoms with Gasteiger partial charge in [0.25, 0.3) is 5.69 Å². The van der Waals surface area contributed by atoms with E-state index in [1.165, 1.54) is 10.7 Å². The van der Waals surface area contributed by atoms with Crippen LogP contribution < -0.4 is 15.9 Å². The molecule has 29 heavy (non-hydrogen) atoms. The summed E-state index contributed by atoms with van der Waals surface area (Å²) in [5, 5.41) is 21.9. The minimum Gasteiger partial charge on any atom is -0.486 e. The minimum atomic E-state index is -0.490. The number of benzene rings is 2. The maximum Gasteiger partial charge on any atom is 0.274 e. The van der Waals surface area contributed by atoms with Gasteiger partial charge in [-0.2, -0.15) is 0 Å². The molecule has 1 aromatic heterocycles. The molecule has 0 bridgehead atoms.